The van der Waals surface area contributed by atoms with Crippen LogP contribution in [0.4, 0.5) is 4.79 Å². The highest BCUT2D eigenvalue weighted by Crippen LogP contribution is 2.44. The molecule has 3 atom stereocenters. The minimum atomic E-state index is -0.949. The molecule has 0 heterocycles. The fourth-order valence-electron chi connectivity index (χ4n) is 4.25. The van der Waals surface area contributed by atoms with Crippen molar-refractivity contribution >= 4 is 18.0 Å². The standard InChI is InChI=1S/C26H32N2O6/c1-16(14-23(29)30)12-13-27-25(31)24(17(2)33-3)28-26(32)34-15-22-20-10-6-4-8-18(20)19-9-5-7-11-21(19)22/h4-11,16-17,22,24H,12-15H2,1-3H3,(H,27,31)(H,28,32)(H,29,30). The number of ether oxygens (including phenoxy) is 2. The molecule has 0 spiro atoms. The molecule has 1 aliphatic rings. The molecular weight excluding hydrogens is 436 g/mol. The zero-order valence-corrected chi connectivity index (χ0v) is 19.7. The molecule has 34 heavy (non-hydrogen) atoms. The molecule has 182 valence electrons. The number of carboxylic acids is 1. The summed E-state index contributed by atoms with van der Waals surface area (Å²) in [5.41, 5.74) is 4.47. The molecule has 2 aromatic rings. The Labute approximate surface area is 199 Å². The van der Waals surface area contributed by atoms with Crippen LogP contribution < -0.4 is 10.6 Å². The van der Waals surface area contributed by atoms with Gasteiger partial charge < -0.3 is 25.2 Å². The molecule has 0 fully saturated rings. The van der Waals surface area contributed by atoms with Crippen molar-refractivity contribution in [1.82, 2.24) is 10.6 Å². The van der Waals surface area contributed by atoms with Gasteiger partial charge in [-0.15, -0.1) is 0 Å². The predicted molar refractivity (Wildman–Crippen MR) is 128 cm³/mol. The number of hydrogen-bond donors (Lipinski definition) is 3. The van der Waals surface area contributed by atoms with Crippen LogP contribution in [-0.2, 0) is 19.1 Å². The van der Waals surface area contributed by atoms with Crippen molar-refractivity contribution in [3.63, 3.8) is 0 Å². The number of aliphatic carboxylic acids is 1. The zero-order valence-electron chi connectivity index (χ0n) is 19.7. The average Bonchev–Trinajstić information content (AvgIpc) is 3.14. The summed E-state index contributed by atoms with van der Waals surface area (Å²) in [5, 5.41) is 14.2. The third kappa shape index (κ3) is 6.14. The van der Waals surface area contributed by atoms with Crippen LogP contribution in [0.2, 0.25) is 0 Å². The van der Waals surface area contributed by atoms with E-state index in [0.29, 0.717) is 13.0 Å². The van der Waals surface area contributed by atoms with E-state index in [1.807, 2.05) is 43.3 Å². The highest BCUT2D eigenvalue weighted by atomic mass is 16.5. The fraction of sp³-hybridized carbons (Fsp3) is 0.423. The Morgan fingerprint density at radius 1 is 1.00 bits per heavy atom. The van der Waals surface area contributed by atoms with Gasteiger partial charge in [-0.25, -0.2) is 4.79 Å². The average molecular weight is 469 g/mol. The van der Waals surface area contributed by atoms with E-state index in [2.05, 4.69) is 22.8 Å². The van der Waals surface area contributed by atoms with Crippen molar-refractivity contribution < 1.29 is 29.0 Å². The molecule has 1 aliphatic carbocycles. The van der Waals surface area contributed by atoms with Crippen molar-refractivity contribution in [3.05, 3.63) is 59.7 Å². The molecule has 0 saturated heterocycles. The maximum Gasteiger partial charge on any atom is 0.407 e. The normalized spacial score (nSPS) is 14.9. The van der Waals surface area contributed by atoms with Gasteiger partial charge in [0, 0.05) is 26.0 Å². The summed E-state index contributed by atoms with van der Waals surface area (Å²) in [6.45, 7) is 3.93. The molecule has 0 saturated carbocycles. The number of carboxylic acid groups (broad SMARTS) is 1. The molecular formula is C26H32N2O6. The largest absolute Gasteiger partial charge is 0.481 e. The van der Waals surface area contributed by atoms with Gasteiger partial charge in [0.15, 0.2) is 0 Å². The zero-order chi connectivity index (χ0) is 24.7. The van der Waals surface area contributed by atoms with Gasteiger partial charge >= 0.3 is 12.1 Å². The summed E-state index contributed by atoms with van der Waals surface area (Å²) in [6.07, 6.45) is -0.745. The van der Waals surface area contributed by atoms with Crippen LogP contribution in [0.5, 0.6) is 0 Å². The first-order valence-corrected chi connectivity index (χ1v) is 11.5. The van der Waals surface area contributed by atoms with Crippen LogP contribution in [-0.4, -0.2) is 55.5 Å². The molecule has 0 radical (unpaired) electrons. The van der Waals surface area contributed by atoms with E-state index >= 15 is 0 Å². The Balaban J connectivity index is 1.58. The lowest BCUT2D eigenvalue weighted by Crippen LogP contribution is -2.53. The van der Waals surface area contributed by atoms with Crippen LogP contribution in [0, 0.1) is 5.92 Å². The number of carbonyl (C=O) groups is 3. The van der Waals surface area contributed by atoms with Crippen molar-refractivity contribution in [2.45, 2.75) is 44.8 Å². The fourth-order valence-corrected chi connectivity index (χ4v) is 4.25. The number of alkyl carbamates (subject to hydrolysis) is 1. The van der Waals surface area contributed by atoms with Crippen LogP contribution in [0.25, 0.3) is 11.1 Å². The molecule has 2 amide bonds. The molecule has 8 nitrogen and oxygen atoms in total. The molecule has 3 unspecified atom stereocenters. The highest BCUT2D eigenvalue weighted by molar-refractivity contribution is 5.86. The molecule has 0 aliphatic heterocycles. The quantitative estimate of drug-likeness (QED) is 0.465. The Morgan fingerprint density at radius 2 is 1.59 bits per heavy atom. The first-order valence-electron chi connectivity index (χ1n) is 11.5. The Morgan fingerprint density at radius 3 is 2.15 bits per heavy atom. The molecule has 0 aromatic heterocycles. The topological polar surface area (TPSA) is 114 Å². The van der Waals surface area contributed by atoms with E-state index in [9.17, 15) is 14.4 Å². The second-order valence-electron chi connectivity index (χ2n) is 8.67. The second-order valence-corrected chi connectivity index (χ2v) is 8.67. The van der Waals surface area contributed by atoms with E-state index in [0.717, 1.165) is 22.3 Å². The summed E-state index contributed by atoms with van der Waals surface area (Å²) >= 11 is 0. The Kier molecular flexibility index (Phi) is 8.65. The Bertz CT molecular complexity index is 978. The van der Waals surface area contributed by atoms with E-state index < -0.39 is 30.1 Å². The number of hydrogen-bond acceptors (Lipinski definition) is 5. The van der Waals surface area contributed by atoms with Crippen molar-refractivity contribution in [2.24, 2.45) is 5.92 Å². The van der Waals surface area contributed by atoms with E-state index in [-0.39, 0.29) is 24.9 Å². The van der Waals surface area contributed by atoms with Gasteiger partial charge in [0.05, 0.1) is 6.10 Å². The minimum Gasteiger partial charge on any atom is -0.481 e. The number of amides is 2. The lowest BCUT2D eigenvalue weighted by atomic mass is 9.98. The summed E-state index contributed by atoms with van der Waals surface area (Å²) < 4.78 is 10.8. The highest BCUT2D eigenvalue weighted by Gasteiger charge is 2.31. The maximum absolute atomic E-state index is 12.7. The summed E-state index contributed by atoms with van der Waals surface area (Å²) in [4.78, 5) is 36.1. The van der Waals surface area contributed by atoms with Gasteiger partial charge in [-0.05, 0) is 41.5 Å². The van der Waals surface area contributed by atoms with Gasteiger partial charge in [0.2, 0.25) is 5.91 Å². The number of methoxy groups -OCH3 is 1. The molecule has 2 aromatic carbocycles. The van der Waals surface area contributed by atoms with Crippen molar-refractivity contribution in [1.29, 1.82) is 0 Å². The number of carbonyl (C=O) groups excluding carboxylic acids is 2. The minimum absolute atomic E-state index is 0.0335. The Hall–Kier alpha value is -3.39. The molecule has 0 bridgehead atoms. The third-order valence-corrected chi connectivity index (χ3v) is 6.20. The third-order valence-electron chi connectivity index (χ3n) is 6.20. The smallest absolute Gasteiger partial charge is 0.407 e. The van der Waals surface area contributed by atoms with E-state index in [4.69, 9.17) is 14.6 Å². The summed E-state index contributed by atoms with van der Waals surface area (Å²) in [5.74, 6) is -1.45. The number of fused-ring (bicyclic) bond motifs is 3. The van der Waals surface area contributed by atoms with Gasteiger partial charge in [0.1, 0.15) is 12.6 Å². The van der Waals surface area contributed by atoms with Gasteiger partial charge in [-0.2, -0.15) is 0 Å². The van der Waals surface area contributed by atoms with Crippen LogP contribution in [0.1, 0.15) is 43.7 Å². The van der Waals surface area contributed by atoms with Crippen LogP contribution in [0.3, 0.4) is 0 Å². The first-order chi connectivity index (χ1) is 16.3. The molecule has 3 rings (SSSR count). The number of benzene rings is 2. The first kappa shape index (κ1) is 25.2. The summed E-state index contributed by atoms with van der Waals surface area (Å²) in [6, 6.07) is 15.2. The van der Waals surface area contributed by atoms with Crippen LogP contribution in [0.15, 0.2) is 48.5 Å². The predicted octanol–water partition coefficient (Wildman–Crippen LogP) is 3.55. The van der Waals surface area contributed by atoms with Gasteiger partial charge in [-0.3, -0.25) is 9.59 Å². The molecule has 8 heteroatoms. The monoisotopic (exact) mass is 468 g/mol. The van der Waals surface area contributed by atoms with Crippen molar-refractivity contribution in [2.75, 3.05) is 20.3 Å². The molecule has 3 N–H and O–H groups in total. The van der Waals surface area contributed by atoms with E-state index in [1.54, 1.807) is 6.92 Å². The number of nitrogens with one attached hydrogen (secondary N) is 2. The SMILES string of the molecule is COC(C)C(NC(=O)OCC1c2ccccc2-c2ccccc21)C(=O)NCCC(C)CC(=O)O. The number of rotatable bonds is 11. The van der Waals surface area contributed by atoms with Gasteiger partial charge in [-0.1, -0.05) is 55.5 Å². The van der Waals surface area contributed by atoms with E-state index in [1.165, 1.54) is 7.11 Å². The van der Waals surface area contributed by atoms with Crippen LogP contribution >= 0.6 is 0 Å². The lowest BCUT2D eigenvalue weighted by molar-refractivity contribution is -0.138. The van der Waals surface area contributed by atoms with Crippen molar-refractivity contribution in [3.8, 4) is 11.1 Å². The summed E-state index contributed by atoms with van der Waals surface area (Å²) in [7, 11) is 1.46. The second kappa shape index (κ2) is 11.7. The van der Waals surface area contributed by atoms with Gasteiger partial charge in [0.25, 0.3) is 0 Å². The maximum atomic E-state index is 12.7. The lowest BCUT2D eigenvalue weighted by Gasteiger charge is -2.24.